The molecule has 9 heteroatoms. The molecule has 6 nitrogen and oxygen atoms in total. The Hall–Kier alpha value is -2.87. The van der Waals surface area contributed by atoms with Gasteiger partial charge in [-0.05, 0) is 54.4 Å². The average Bonchev–Trinajstić information content (AvgIpc) is 2.80. The molecule has 2 N–H and O–H groups in total. The zero-order valence-electron chi connectivity index (χ0n) is 17.6. The van der Waals surface area contributed by atoms with Gasteiger partial charge in [0.15, 0.2) is 0 Å². The number of hydrogen-bond donors (Lipinski definition) is 2. The van der Waals surface area contributed by atoms with Crippen molar-refractivity contribution in [3.8, 4) is 5.75 Å². The lowest BCUT2D eigenvalue weighted by Gasteiger charge is -2.11. The van der Waals surface area contributed by atoms with Gasteiger partial charge in [-0.15, -0.1) is 0 Å². The third-order valence-electron chi connectivity index (χ3n) is 4.57. The van der Waals surface area contributed by atoms with Gasteiger partial charge in [-0.3, -0.25) is 9.59 Å². The second-order valence-electron chi connectivity index (χ2n) is 6.91. The third-order valence-corrected chi connectivity index (χ3v) is 5.65. The first-order valence-electron chi connectivity index (χ1n) is 9.95. The van der Waals surface area contributed by atoms with E-state index in [4.69, 9.17) is 27.9 Å². The van der Waals surface area contributed by atoms with E-state index in [1.165, 1.54) is 6.21 Å². The lowest BCUT2D eigenvalue weighted by Crippen LogP contribution is -2.32. The SMILES string of the molecule is CCc1ccc(NC(=O)C(=O)N/N=C\c2cc(Br)ccc2OCc2ccc(Cl)cc2Cl)cc1. The highest BCUT2D eigenvalue weighted by Crippen LogP contribution is 2.25. The summed E-state index contributed by atoms with van der Waals surface area (Å²) in [5.74, 6) is -1.20. The van der Waals surface area contributed by atoms with Crippen LogP contribution < -0.4 is 15.5 Å². The van der Waals surface area contributed by atoms with Crippen molar-refractivity contribution in [1.82, 2.24) is 5.43 Å². The number of hydrogen-bond acceptors (Lipinski definition) is 4. The molecule has 3 rings (SSSR count). The zero-order valence-corrected chi connectivity index (χ0v) is 20.7. The fourth-order valence-electron chi connectivity index (χ4n) is 2.77. The van der Waals surface area contributed by atoms with Gasteiger partial charge in [-0.1, -0.05) is 64.3 Å². The van der Waals surface area contributed by atoms with Gasteiger partial charge >= 0.3 is 11.8 Å². The van der Waals surface area contributed by atoms with Gasteiger partial charge < -0.3 is 10.1 Å². The summed E-state index contributed by atoms with van der Waals surface area (Å²) >= 11 is 15.5. The van der Waals surface area contributed by atoms with Crippen molar-refractivity contribution in [2.75, 3.05) is 5.32 Å². The molecule has 0 aliphatic heterocycles. The summed E-state index contributed by atoms with van der Waals surface area (Å²) in [5.41, 5.74) is 5.24. The predicted molar refractivity (Wildman–Crippen MR) is 135 cm³/mol. The zero-order chi connectivity index (χ0) is 23.8. The average molecular weight is 549 g/mol. The van der Waals surface area contributed by atoms with Crippen LogP contribution in [-0.2, 0) is 22.6 Å². The maximum absolute atomic E-state index is 12.1. The van der Waals surface area contributed by atoms with E-state index < -0.39 is 11.8 Å². The standard InChI is InChI=1S/C24H20BrCl2N3O3/c1-2-15-3-8-20(9-4-15)29-23(31)24(32)30-28-13-17-11-18(25)6-10-22(17)33-14-16-5-7-19(26)12-21(16)27/h3-13H,2,14H2,1H3,(H,29,31)(H,30,32)/b28-13-. The van der Waals surface area contributed by atoms with Gasteiger partial charge in [-0.2, -0.15) is 5.10 Å². The number of benzene rings is 3. The number of aryl methyl sites for hydroxylation is 1. The first-order valence-corrected chi connectivity index (χ1v) is 11.5. The molecule has 0 atom stereocenters. The first kappa shape index (κ1) is 24.8. The van der Waals surface area contributed by atoms with Crippen LogP contribution >= 0.6 is 39.1 Å². The van der Waals surface area contributed by atoms with E-state index in [0.29, 0.717) is 27.0 Å². The molecule has 0 radical (unpaired) electrons. The van der Waals surface area contributed by atoms with E-state index in [-0.39, 0.29) is 6.61 Å². The highest BCUT2D eigenvalue weighted by molar-refractivity contribution is 9.10. The molecular weight excluding hydrogens is 529 g/mol. The fraction of sp³-hybridized carbons (Fsp3) is 0.125. The summed E-state index contributed by atoms with van der Waals surface area (Å²) < 4.78 is 6.66. The predicted octanol–water partition coefficient (Wildman–Crippen LogP) is 5.99. The highest BCUT2D eigenvalue weighted by Gasteiger charge is 2.13. The Bertz CT molecular complexity index is 1180. The monoisotopic (exact) mass is 547 g/mol. The van der Waals surface area contributed by atoms with Gasteiger partial charge in [0.2, 0.25) is 0 Å². The van der Waals surface area contributed by atoms with Crippen molar-refractivity contribution in [3.05, 3.63) is 91.9 Å². The van der Waals surface area contributed by atoms with E-state index in [1.54, 1.807) is 42.5 Å². The normalized spacial score (nSPS) is 10.8. The molecule has 0 fully saturated rings. The maximum Gasteiger partial charge on any atom is 0.329 e. The number of hydrazone groups is 1. The second kappa shape index (κ2) is 11.8. The lowest BCUT2D eigenvalue weighted by atomic mass is 10.1. The van der Waals surface area contributed by atoms with Crippen LogP contribution in [0.1, 0.15) is 23.6 Å². The summed E-state index contributed by atoms with van der Waals surface area (Å²) in [6, 6.07) is 17.7. The minimum absolute atomic E-state index is 0.212. The molecular formula is C24H20BrCl2N3O3. The summed E-state index contributed by atoms with van der Waals surface area (Å²) in [4.78, 5) is 24.2. The van der Waals surface area contributed by atoms with E-state index in [1.807, 2.05) is 25.1 Å². The molecule has 0 aliphatic carbocycles. The Balaban J connectivity index is 1.61. The molecule has 2 amide bonds. The number of ether oxygens (including phenoxy) is 1. The lowest BCUT2D eigenvalue weighted by molar-refractivity contribution is -0.136. The number of halogens is 3. The molecule has 0 spiro atoms. The van der Waals surface area contributed by atoms with Crippen molar-refractivity contribution in [2.24, 2.45) is 5.10 Å². The number of carbonyl (C=O) groups excluding carboxylic acids is 2. The Kier molecular flexibility index (Phi) is 8.88. The van der Waals surface area contributed by atoms with Gasteiger partial charge in [0.25, 0.3) is 0 Å². The summed E-state index contributed by atoms with van der Waals surface area (Å²) in [7, 11) is 0. The van der Waals surface area contributed by atoms with Crippen molar-refractivity contribution < 1.29 is 14.3 Å². The largest absolute Gasteiger partial charge is 0.488 e. The number of nitrogens with one attached hydrogen (secondary N) is 2. The second-order valence-corrected chi connectivity index (χ2v) is 8.67. The van der Waals surface area contributed by atoms with Crippen LogP contribution in [0.25, 0.3) is 0 Å². The maximum atomic E-state index is 12.1. The van der Waals surface area contributed by atoms with Crippen molar-refractivity contribution in [3.63, 3.8) is 0 Å². The van der Waals surface area contributed by atoms with Crippen LogP contribution in [0.4, 0.5) is 5.69 Å². The molecule has 170 valence electrons. The number of anilines is 1. The quantitative estimate of drug-likeness (QED) is 0.216. The van der Waals surface area contributed by atoms with Gasteiger partial charge in [0.05, 0.1) is 6.21 Å². The number of rotatable bonds is 7. The Labute approximate surface area is 210 Å². The molecule has 0 saturated carbocycles. The Morgan fingerprint density at radius 3 is 2.48 bits per heavy atom. The molecule has 0 heterocycles. The van der Waals surface area contributed by atoms with Gasteiger partial charge in [-0.25, -0.2) is 5.43 Å². The topological polar surface area (TPSA) is 79.8 Å². The third kappa shape index (κ3) is 7.32. The molecule has 0 unspecified atom stereocenters. The van der Waals surface area contributed by atoms with Crippen molar-refractivity contribution in [2.45, 2.75) is 20.0 Å². The van der Waals surface area contributed by atoms with Crippen LogP contribution in [0.3, 0.4) is 0 Å². The van der Waals surface area contributed by atoms with Crippen LogP contribution in [0.15, 0.2) is 70.2 Å². The summed E-state index contributed by atoms with van der Waals surface area (Å²) in [6.07, 6.45) is 2.28. The van der Waals surface area contributed by atoms with E-state index in [2.05, 4.69) is 31.8 Å². The van der Waals surface area contributed by atoms with E-state index in [0.717, 1.165) is 22.0 Å². The molecule has 33 heavy (non-hydrogen) atoms. The molecule has 0 aromatic heterocycles. The molecule has 0 saturated heterocycles. The Morgan fingerprint density at radius 2 is 1.79 bits per heavy atom. The van der Waals surface area contributed by atoms with E-state index in [9.17, 15) is 9.59 Å². The number of amides is 2. The summed E-state index contributed by atoms with van der Waals surface area (Å²) in [6.45, 7) is 2.25. The number of nitrogens with zero attached hydrogens (tertiary/aromatic N) is 1. The first-order chi connectivity index (χ1) is 15.9. The molecule has 3 aromatic rings. The van der Waals surface area contributed by atoms with Crippen LogP contribution in [-0.4, -0.2) is 18.0 Å². The molecule has 0 bridgehead atoms. The van der Waals surface area contributed by atoms with Crippen LogP contribution in [0.2, 0.25) is 10.0 Å². The van der Waals surface area contributed by atoms with Crippen molar-refractivity contribution >= 4 is 62.8 Å². The van der Waals surface area contributed by atoms with Crippen molar-refractivity contribution in [1.29, 1.82) is 0 Å². The molecule has 0 aliphatic rings. The van der Waals surface area contributed by atoms with E-state index >= 15 is 0 Å². The van der Waals surface area contributed by atoms with Crippen LogP contribution in [0, 0.1) is 0 Å². The number of carbonyl (C=O) groups is 2. The minimum atomic E-state index is -0.892. The van der Waals surface area contributed by atoms with Gasteiger partial charge in [0, 0.05) is 31.3 Å². The minimum Gasteiger partial charge on any atom is -0.488 e. The Morgan fingerprint density at radius 1 is 1.03 bits per heavy atom. The molecule has 3 aromatic carbocycles. The van der Waals surface area contributed by atoms with Crippen LogP contribution in [0.5, 0.6) is 5.75 Å². The highest BCUT2D eigenvalue weighted by atomic mass is 79.9. The smallest absolute Gasteiger partial charge is 0.329 e. The van der Waals surface area contributed by atoms with Gasteiger partial charge in [0.1, 0.15) is 12.4 Å². The fourth-order valence-corrected chi connectivity index (χ4v) is 3.61. The summed E-state index contributed by atoms with van der Waals surface area (Å²) in [5, 5.41) is 7.46.